The second-order valence-electron chi connectivity index (χ2n) is 3.72. The number of halogens is 1. The molecule has 1 aromatic carbocycles. The number of carbonyl (C=O) groups excluding carboxylic acids is 1. The van der Waals surface area contributed by atoms with Gasteiger partial charge in [0.2, 0.25) is 0 Å². The summed E-state index contributed by atoms with van der Waals surface area (Å²) in [5.74, 6) is 0.304. The molecule has 0 heterocycles. The first-order valence-electron chi connectivity index (χ1n) is 5.69. The van der Waals surface area contributed by atoms with Gasteiger partial charge >= 0.3 is 5.97 Å². The summed E-state index contributed by atoms with van der Waals surface area (Å²) in [4.78, 5) is 11.3. The third-order valence-corrected chi connectivity index (χ3v) is 2.65. The van der Waals surface area contributed by atoms with Gasteiger partial charge in [-0.3, -0.25) is 4.79 Å². The molecule has 4 heteroatoms. The molecule has 0 saturated heterocycles. The molecule has 0 aliphatic heterocycles. The molecular formula is C13H17ClO3. The van der Waals surface area contributed by atoms with Crippen LogP contribution in [0.5, 0.6) is 5.75 Å². The first kappa shape index (κ1) is 13.8. The van der Waals surface area contributed by atoms with Gasteiger partial charge in [-0.25, -0.2) is 0 Å². The lowest BCUT2D eigenvalue weighted by Gasteiger charge is -2.11. The van der Waals surface area contributed by atoms with Gasteiger partial charge in [-0.15, -0.1) is 0 Å². The van der Waals surface area contributed by atoms with E-state index in [9.17, 15) is 4.79 Å². The minimum atomic E-state index is -0.185. The third kappa shape index (κ3) is 4.65. The maximum Gasteiger partial charge on any atom is 0.308 e. The van der Waals surface area contributed by atoms with E-state index >= 15 is 0 Å². The number of para-hydroxylation sites is 1. The molecule has 1 rings (SSSR count). The number of hydrogen-bond donors (Lipinski definition) is 0. The quantitative estimate of drug-likeness (QED) is 0.733. The fourth-order valence-corrected chi connectivity index (χ4v) is 1.50. The molecule has 1 aromatic rings. The summed E-state index contributed by atoms with van der Waals surface area (Å²) < 4.78 is 10.4. The van der Waals surface area contributed by atoms with Crippen LogP contribution < -0.4 is 4.74 Å². The summed E-state index contributed by atoms with van der Waals surface area (Å²) in [5, 5.41) is 0.580. The van der Waals surface area contributed by atoms with Crippen molar-refractivity contribution in [3.05, 3.63) is 29.3 Å². The highest BCUT2D eigenvalue weighted by Crippen LogP contribution is 2.23. The smallest absolute Gasteiger partial charge is 0.308 e. The molecule has 0 radical (unpaired) electrons. The second kappa shape index (κ2) is 7.17. The lowest BCUT2D eigenvalue weighted by Crippen LogP contribution is -2.17. The highest BCUT2D eigenvalue weighted by Gasteiger charge is 2.13. The van der Waals surface area contributed by atoms with Gasteiger partial charge in [-0.1, -0.05) is 30.7 Å². The minimum Gasteiger partial charge on any atom is -0.492 e. The summed E-state index contributed by atoms with van der Waals surface area (Å²) in [6, 6.07) is 7.27. The molecule has 1 unspecified atom stereocenters. The van der Waals surface area contributed by atoms with Crippen LogP contribution in [0.2, 0.25) is 5.02 Å². The Balaban J connectivity index is 2.33. The molecule has 0 N–H and O–H groups in total. The number of rotatable bonds is 6. The number of esters is 1. The van der Waals surface area contributed by atoms with Crippen LogP contribution in [0, 0.1) is 5.92 Å². The molecule has 94 valence electrons. The van der Waals surface area contributed by atoms with Gasteiger partial charge < -0.3 is 9.47 Å². The summed E-state index contributed by atoms with van der Waals surface area (Å²) in [7, 11) is 0. The van der Waals surface area contributed by atoms with Gasteiger partial charge in [0.25, 0.3) is 0 Å². The molecule has 0 aromatic heterocycles. The normalized spacial score (nSPS) is 11.9. The fraction of sp³-hybridized carbons (Fsp3) is 0.462. The Labute approximate surface area is 107 Å². The Morgan fingerprint density at radius 1 is 1.41 bits per heavy atom. The lowest BCUT2D eigenvalue weighted by molar-refractivity contribution is -0.147. The minimum absolute atomic E-state index is 0.155. The van der Waals surface area contributed by atoms with Crippen molar-refractivity contribution in [3.63, 3.8) is 0 Å². The highest BCUT2D eigenvalue weighted by atomic mass is 35.5. The van der Waals surface area contributed by atoms with E-state index in [0.29, 0.717) is 30.4 Å². The van der Waals surface area contributed by atoms with Crippen molar-refractivity contribution in [1.29, 1.82) is 0 Å². The van der Waals surface area contributed by atoms with E-state index in [2.05, 4.69) is 0 Å². The van der Waals surface area contributed by atoms with Crippen molar-refractivity contribution in [3.8, 4) is 5.75 Å². The summed E-state index contributed by atoms with van der Waals surface area (Å²) in [6.45, 7) is 4.48. The lowest BCUT2D eigenvalue weighted by atomic mass is 10.1. The Morgan fingerprint density at radius 2 is 2.12 bits per heavy atom. The topological polar surface area (TPSA) is 35.5 Å². The number of carbonyl (C=O) groups is 1. The molecule has 0 amide bonds. The van der Waals surface area contributed by atoms with Crippen LogP contribution >= 0.6 is 11.6 Å². The zero-order chi connectivity index (χ0) is 12.7. The van der Waals surface area contributed by atoms with E-state index in [4.69, 9.17) is 21.1 Å². The summed E-state index contributed by atoms with van der Waals surface area (Å²) in [6.07, 6.45) is 0.615. The molecule has 0 fully saturated rings. The molecule has 0 spiro atoms. The summed E-state index contributed by atoms with van der Waals surface area (Å²) >= 11 is 5.94. The fourth-order valence-electron chi connectivity index (χ4n) is 1.31. The largest absolute Gasteiger partial charge is 0.492 e. The van der Waals surface area contributed by atoms with Crippen molar-refractivity contribution in [1.82, 2.24) is 0 Å². The monoisotopic (exact) mass is 256 g/mol. The van der Waals surface area contributed by atoms with E-state index in [-0.39, 0.29) is 11.9 Å². The molecule has 0 aliphatic carbocycles. The SMILES string of the molecule is CCOC(=O)C(C)CCOc1ccccc1Cl. The zero-order valence-electron chi connectivity index (χ0n) is 10.1. The van der Waals surface area contributed by atoms with Gasteiger partial charge in [0.05, 0.1) is 24.2 Å². The maximum absolute atomic E-state index is 11.3. The van der Waals surface area contributed by atoms with Gasteiger partial charge in [-0.05, 0) is 25.5 Å². The van der Waals surface area contributed by atoms with Crippen molar-refractivity contribution in [2.75, 3.05) is 13.2 Å². The van der Waals surface area contributed by atoms with Crippen molar-refractivity contribution < 1.29 is 14.3 Å². The Bertz CT molecular complexity index is 365. The molecular weight excluding hydrogens is 240 g/mol. The van der Waals surface area contributed by atoms with Crippen LogP contribution in [0.4, 0.5) is 0 Å². The standard InChI is InChI=1S/C13H17ClO3/c1-3-16-13(15)10(2)8-9-17-12-7-5-4-6-11(12)14/h4-7,10H,3,8-9H2,1-2H3. The first-order valence-corrected chi connectivity index (χ1v) is 6.07. The molecule has 17 heavy (non-hydrogen) atoms. The average Bonchev–Trinajstić information content (AvgIpc) is 2.31. The van der Waals surface area contributed by atoms with Crippen LogP contribution in [0.15, 0.2) is 24.3 Å². The number of ether oxygens (including phenoxy) is 2. The van der Waals surface area contributed by atoms with E-state index < -0.39 is 0 Å². The van der Waals surface area contributed by atoms with Gasteiger partial charge in [0, 0.05) is 0 Å². The second-order valence-corrected chi connectivity index (χ2v) is 4.13. The molecule has 0 saturated carbocycles. The Morgan fingerprint density at radius 3 is 2.76 bits per heavy atom. The van der Waals surface area contributed by atoms with Gasteiger partial charge in [0.15, 0.2) is 0 Å². The highest BCUT2D eigenvalue weighted by molar-refractivity contribution is 6.32. The molecule has 1 atom stereocenters. The van der Waals surface area contributed by atoms with Gasteiger partial charge in [0.1, 0.15) is 5.75 Å². The third-order valence-electron chi connectivity index (χ3n) is 2.33. The van der Waals surface area contributed by atoms with Gasteiger partial charge in [-0.2, -0.15) is 0 Å². The van der Waals surface area contributed by atoms with E-state index in [1.807, 2.05) is 19.1 Å². The van der Waals surface area contributed by atoms with Crippen LogP contribution in [0.3, 0.4) is 0 Å². The van der Waals surface area contributed by atoms with Crippen LogP contribution in [0.25, 0.3) is 0 Å². The van der Waals surface area contributed by atoms with Crippen LogP contribution in [-0.2, 0) is 9.53 Å². The zero-order valence-corrected chi connectivity index (χ0v) is 10.9. The van der Waals surface area contributed by atoms with Crippen LogP contribution in [0.1, 0.15) is 20.3 Å². The molecule has 3 nitrogen and oxygen atoms in total. The Hall–Kier alpha value is -1.22. The number of benzene rings is 1. The maximum atomic E-state index is 11.3. The molecule has 0 bridgehead atoms. The predicted molar refractivity (Wildman–Crippen MR) is 67.4 cm³/mol. The predicted octanol–water partition coefficient (Wildman–Crippen LogP) is 3.31. The van der Waals surface area contributed by atoms with Crippen LogP contribution in [-0.4, -0.2) is 19.2 Å². The van der Waals surface area contributed by atoms with E-state index in [1.54, 1.807) is 19.1 Å². The average molecular weight is 257 g/mol. The van der Waals surface area contributed by atoms with Crippen molar-refractivity contribution in [2.24, 2.45) is 5.92 Å². The van der Waals surface area contributed by atoms with E-state index in [0.717, 1.165) is 0 Å². The molecule has 0 aliphatic rings. The summed E-state index contributed by atoms with van der Waals surface area (Å²) in [5.41, 5.74) is 0. The van der Waals surface area contributed by atoms with E-state index in [1.165, 1.54) is 0 Å². The first-order chi connectivity index (χ1) is 8.15. The van der Waals surface area contributed by atoms with Crippen molar-refractivity contribution in [2.45, 2.75) is 20.3 Å². The Kier molecular flexibility index (Phi) is 5.84. The van der Waals surface area contributed by atoms with Crippen molar-refractivity contribution >= 4 is 17.6 Å². The number of hydrogen-bond acceptors (Lipinski definition) is 3.